The van der Waals surface area contributed by atoms with E-state index in [9.17, 15) is 14.4 Å². The van der Waals surface area contributed by atoms with E-state index in [4.69, 9.17) is 10.8 Å². The maximum Gasteiger partial charge on any atom is 0.326 e. The normalized spacial score (nSPS) is 19.6. The summed E-state index contributed by atoms with van der Waals surface area (Å²) in [5.41, 5.74) is 5.01. The number of carboxylic acid groups (broad SMARTS) is 1. The molecule has 0 aromatic rings. The van der Waals surface area contributed by atoms with Gasteiger partial charge < -0.3 is 26.0 Å². The van der Waals surface area contributed by atoms with Gasteiger partial charge in [0.05, 0.1) is 0 Å². The van der Waals surface area contributed by atoms with E-state index in [1.54, 1.807) is 4.90 Å². The number of carboxylic acids is 1. The maximum absolute atomic E-state index is 12.2. The van der Waals surface area contributed by atoms with Gasteiger partial charge in [-0.1, -0.05) is 0 Å². The summed E-state index contributed by atoms with van der Waals surface area (Å²) in [4.78, 5) is 37.7. The molecule has 1 rings (SSSR count). The van der Waals surface area contributed by atoms with Gasteiger partial charge in [-0.25, -0.2) is 9.59 Å². The van der Waals surface area contributed by atoms with Gasteiger partial charge in [0.2, 0.25) is 5.91 Å². The SMILES string of the molecule is CN(C)CC1CCCN1C(=O)NC(CCC(N)=O)C(=O)O. The second-order valence-corrected chi connectivity index (χ2v) is 5.60. The van der Waals surface area contributed by atoms with Crippen LogP contribution in [-0.2, 0) is 9.59 Å². The van der Waals surface area contributed by atoms with Gasteiger partial charge in [0.1, 0.15) is 6.04 Å². The van der Waals surface area contributed by atoms with Crippen molar-refractivity contribution in [2.24, 2.45) is 5.73 Å². The molecule has 0 aliphatic carbocycles. The Morgan fingerprint density at radius 3 is 2.62 bits per heavy atom. The molecule has 0 aromatic carbocycles. The predicted octanol–water partition coefficient (Wildman–Crippen LogP) is -0.559. The number of rotatable bonds is 7. The highest BCUT2D eigenvalue weighted by molar-refractivity contribution is 5.83. The zero-order chi connectivity index (χ0) is 16.0. The summed E-state index contributed by atoms with van der Waals surface area (Å²) in [5, 5.41) is 11.6. The number of hydrogen-bond acceptors (Lipinski definition) is 4. The lowest BCUT2D eigenvalue weighted by atomic mass is 10.1. The number of aliphatic carboxylic acids is 1. The summed E-state index contributed by atoms with van der Waals surface area (Å²) < 4.78 is 0. The fourth-order valence-corrected chi connectivity index (χ4v) is 2.49. The van der Waals surface area contributed by atoms with Crippen LogP contribution in [0.5, 0.6) is 0 Å². The van der Waals surface area contributed by atoms with Crippen LogP contribution in [0, 0.1) is 0 Å². The standard InChI is InChI=1S/C13H24N4O4/c1-16(2)8-9-4-3-7-17(9)13(21)15-10(12(19)20)5-6-11(14)18/h9-10H,3-8H2,1-2H3,(H2,14,18)(H,15,21)(H,19,20). The fraction of sp³-hybridized carbons (Fsp3) is 0.769. The van der Waals surface area contributed by atoms with E-state index >= 15 is 0 Å². The molecule has 2 unspecified atom stereocenters. The van der Waals surface area contributed by atoms with Gasteiger partial charge in [-0.2, -0.15) is 0 Å². The van der Waals surface area contributed by atoms with Crippen molar-refractivity contribution in [2.45, 2.75) is 37.8 Å². The molecule has 4 N–H and O–H groups in total. The molecule has 0 saturated carbocycles. The summed E-state index contributed by atoms with van der Waals surface area (Å²) in [5.74, 6) is -1.74. The Balaban J connectivity index is 2.59. The van der Waals surface area contributed by atoms with Crippen molar-refractivity contribution >= 4 is 17.9 Å². The molecule has 1 fully saturated rings. The highest BCUT2D eigenvalue weighted by Gasteiger charge is 2.31. The topological polar surface area (TPSA) is 116 Å². The van der Waals surface area contributed by atoms with Gasteiger partial charge in [-0.15, -0.1) is 0 Å². The van der Waals surface area contributed by atoms with Crippen LogP contribution in [-0.4, -0.2) is 72.1 Å². The van der Waals surface area contributed by atoms with Crippen molar-refractivity contribution in [3.63, 3.8) is 0 Å². The summed E-state index contributed by atoms with van der Waals surface area (Å²) >= 11 is 0. The Morgan fingerprint density at radius 2 is 2.10 bits per heavy atom. The van der Waals surface area contributed by atoms with Gasteiger partial charge in [0.25, 0.3) is 0 Å². The van der Waals surface area contributed by atoms with Gasteiger partial charge in [0, 0.05) is 25.6 Å². The van der Waals surface area contributed by atoms with Crippen LogP contribution in [0.2, 0.25) is 0 Å². The van der Waals surface area contributed by atoms with E-state index < -0.39 is 23.9 Å². The predicted molar refractivity (Wildman–Crippen MR) is 76.7 cm³/mol. The van der Waals surface area contributed by atoms with Crippen molar-refractivity contribution in [1.29, 1.82) is 0 Å². The Hall–Kier alpha value is -1.83. The van der Waals surface area contributed by atoms with E-state index in [2.05, 4.69) is 5.32 Å². The van der Waals surface area contributed by atoms with E-state index in [1.807, 2.05) is 19.0 Å². The number of likely N-dealkylation sites (N-methyl/N-ethyl adjacent to an activating group) is 1. The van der Waals surface area contributed by atoms with E-state index in [0.29, 0.717) is 6.54 Å². The number of carbonyl (C=O) groups excluding carboxylic acids is 2. The number of amides is 3. The number of carbonyl (C=O) groups is 3. The molecule has 0 aromatic heterocycles. The molecule has 1 aliphatic heterocycles. The zero-order valence-electron chi connectivity index (χ0n) is 12.5. The van der Waals surface area contributed by atoms with Gasteiger partial charge >= 0.3 is 12.0 Å². The highest BCUT2D eigenvalue weighted by Crippen LogP contribution is 2.18. The first kappa shape index (κ1) is 17.2. The van der Waals surface area contributed by atoms with Crippen LogP contribution in [0.15, 0.2) is 0 Å². The van der Waals surface area contributed by atoms with E-state index in [0.717, 1.165) is 19.4 Å². The Morgan fingerprint density at radius 1 is 1.43 bits per heavy atom. The second kappa shape index (κ2) is 7.82. The first-order chi connectivity index (χ1) is 9.81. The lowest BCUT2D eigenvalue weighted by Gasteiger charge is -2.28. The van der Waals surface area contributed by atoms with Crippen LogP contribution >= 0.6 is 0 Å². The molecule has 2 atom stereocenters. The van der Waals surface area contributed by atoms with Crippen LogP contribution < -0.4 is 11.1 Å². The molecule has 3 amide bonds. The molecule has 120 valence electrons. The third-order valence-electron chi connectivity index (χ3n) is 3.49. The second-order valence-electron chi connectivity index (χ2n) is 5.60. The molecule has 0 radical (unpaired) electrons. The van der Waals surface area contributed by atoms with E-state index in [1.165, 1.54) is 0 Å². The molecular formula is C13H24N4O4. The number of nitrogens with one attached hydrogen (secondary N) is 1. The molecule has 21 heavy (non-hydrogen) atoms. The third-order valence-corrected chi connectivity index (χ3v) is 3.49. The number of likely N-dealkylation sites (tertiary alicyclic amines) is 1. The average molecular weight is 300 g/mol. The van der Waals surface area contributed by atoms with Crippen molar-refractivity contribution in [3.05, 3.63) is 0 Å². The van der Waals surface area contributed by atoms with Crippen molar-refractivity contribution < 1.29 is 19.5 Å². The molecule has 8 nitrogen and oxygen atoms in total. The minimum absolute atomic E-state index is 0.00257. The van der Waals surface area contributed by atoms with Crippen LogP contribution in [0.25, 0.3) is 0 Å². The molecule has 1 saturated heterocycles. The number of nitrogens with zero attached hydrogens (tertiary/aromatic N) is 2. The number of hydrogen-bond donors (Lipinski definition) is 3. The number of primary amides is 1. The van der Waals surface area contributed by atoms with Crippen molar-refractivity contribution in [1.82, 2.24) is 15.1 Å². The smallest absolute Gasteiger partial charge is 0.326 e. The van der Waals surface area contributed by atoms with Gasteiger partial charge in [-0.05, 0) is 33.4 Å². The lowest BCUT2D eigenvalue weighted by molar-refractivity contribution is -0.139. The number of nitrogens with two attached hydrogens (primary N) is 1. The van der Waals surface area contributed by atoms with Crippen molar-refractivity contribution in [2.75, 3.05) is 27.2 Å². The maximum atomic E-state index is 12.2. The molecule has 1 heterocycles. The minimum Gasteiger partial charge on any atom is -0.480 e. The lowest BCUT2D eigenvalue weighted by Crippen LogP contribution is -2.51. The van der Waals surface area contributed by atoms with Crippen LogP contribution in [0.3, 0.4) is 0 Å². The number of urea groups is 1. The molecule has 1 aliphatic rings. The first-order valence-corrected chi connectivity index (χ1v) is 7.04. The molecular weight excluding hydrogens is 276 g/mol. The summed E-state index contributed by atoms with van der Waals surface area (Å²) in [6.07, 6.45) is 1.75. The molecule has 8 heteroatoms. The molecule has 0 bridgehead atoms. The Bertz CT molecular complexity index is 400. The highest BCUT2D eigenvalue weighted by atomic mass is 16.4. The first-order valence-electron chi connectivity index (χ1n) is 7.04. The largest absolute Gasteiger partial charge is 0.480 e. The van der Waals surface area contributed by atoms with Crippen LogP contribution in [0.1, 0.15) is 25.7 Å². The van der Waals surface area contributed by atoms with Gasteiger partial charge in [-0.3, -0.25) is 4.79 Å². The summed E-state index contributed by atoms with van der Waals surface area (Å²) in [6.45, 7) is 1.36. The molecule has 0 spiro atoms. The quantitative estimate of drug-likeness (QED) is 0.583. The monoisotopic (exact) mass is 300 g/mol. The summed E-state index contributed by atoms with van der Waals surface area (Å²) in [7, 11) is 3.86. The Kier molecular flexibility index (Phi) is 6.41. The third kappa shape index (κ3) is 5.58. The fourth-order valence-electron chi connectivity index (χ4n) is 2.49. The zero-order valence-corrected chi connectivity index (χ0v) is 12.5. The van der Waals surface area contributed by atoms with Gasteiger partial charge in [0.15, 0.2) is 0 Å². The van der Waals surface area contributed by atoms with Crippen LogP contribution in [0.4, 0.5) is 4.79 Å². The summed E-state index contributed by atoms with van der Waals surface area (Å²) in [6, 6.07) is -1.40. The average Bonchev–Trinajstić information content (AvgIpc) is 2.80. The minimum atomic E-state index is -1.16. The Labute approximate surface area is 124 Å². The van der Waals surface area contributed by atoms with E-state index in [-0.39, 0.29) is 18.9 Å². The van der Waals surface area contributed by atoms with Crippen molar-refractivity contribution in [3.8, 4) is 0 Å².